The Labute approximate surface area is 211 Å². The highest BCUT2D eigenvalue weighted by Gasteiger charge is 2.46. The zero-order valence-electron chi connectivity index (χ0n) is 21.2. The van der Waals surface area contributed by atoms with Crippen molar-refractivity contribution in [2.24, 2.45) is 11.0 Å². The van der Waals surface area contributed by atoms with Gasteiger partial charge in [0.05, 0.1) is 11.3 Å². The van der Waals surface area contributed by atoms with Crippen LogP contribution in [0, 0.1) is 17.6 Å². The summed E-state index contributed by atoms with van der Waals surface area (Å²) in [6, 6.07) is 13.0. The lowest BCUT2D eigenvalue weighted by molar-refractivity contribution is -0.136. The Balaban J connectivity index is 1.53. The van der Waals surface area contributed by atoms with Crippen molar-refractivity contribution in [2.75, 3.05) is 32.7 Å². The maximum Gasteiger partial charge on any atom is 0.240 e. The topological polar surface area (TPSA) is 56.2 Å². The Morgan fingerprint density at radius 2 is 1.72 bits per heavy atom. The van der Waals surface area contributed by atoms with Crippen LogP contribution in [0.4, 0.5) is 8.78 Å². The van der Waals surface area contributed by atoms with Crippen molar-refractivity contribution >= 4 is 17.5 Å². The van der Waals surface area contributed by atoms with Crippen LogP contribution in [0.15, 0.2) is 53.6 Å². The molecule has 2 aromatic carbocycles. The molecule has 8 heteroatoms. The lowest BCUT2D eigenvalue weighted by Crippen LogP contribution is -2.50. The van der Waals surface area contributed by atoms with E-state index in [4.69, 9.17) is 0 Å². The van der Waals surface area contributed by atoms with Crippen molar-refractivity contribution in [2.45, 2.75) is 45.6 Å². The fourth-order valence-corrected chi connectivity index (χ4v) is 5.31. The molecule has 2 aromatic rings. The summed E-state index contributed by atoms with van der Waals surface area (Å²) >= 11 is 0. The molecule has 4 rings (SSSR count). The molecule has 0 unspecified atom stereocenters. The molecule has 1 atom stereocenters. The summed E-state index contributed by atoms with van der Waals surface area (Å²) in [5.41, 5.74) is 0.594. The third kappa shape index (κ3) is 5.33. The summed E-state index contributed by atoms with van der Waals surface area (Å²) in [7, 11) is 0. The van der Waals surface area contributed by atoms with Crippen LogP contribution < -0.4 is 0 Å². The Morgan fingerprint density at radius 3 is 2.36 bits per heavy atom. The van der Waals surface area contributed by atoms with Crippen molar-refractivity contribution < 1.29 is 18.4 Å². The van der Waals surface area contributed by atoms with E-state index in [1.165, 1.54) is 11.9 Å². The summed E-state index contributed by atoms with van der Waals surface area (Å²) in [4.78, 5) is 29.3. The first-order chi connectivity index (χ1) is 17.2. The zero-order valence-corrected chi connectivity index (χ0v) is 21.2. The fourth-order valence-electron chi connectivity index (χ4n) is 5.31. The monoisotopic (exact) mass is 496 g/mol. The van der Waals surface area contributed by atoms with E-state index in [-0.39, 0.29) is 23.3 Å². The first-order valence-corrected chi connectivity index (χ1v) is 12.6. The highest BCUT2D eigenvalue weighted by Crippen LogP contribution is 2.43. The number of carbonyl (C=O) groups excluding carboxylic acids is 2. The Morgan fingerprint density at radius 1 is 1.03 bits per heavy atom. The summed E-state index contributed by atoms with van der Waals surface area (Å²) in [6.45, 7) is 9.16. The summed E-state index contributed by atoms with van der Waals surface area (Å²) < 4.78 is 28.6. The van der Waals surface area contributed by atoms with Gasteiger partial charge in [-0.25, -0.2) is 13.8 Å². The van der Waals surface area contributed by atoms with Gasteiger partial charge in [-0.05, 0) is 43.1 Å². The van der Waals surface area contributed by atoms with Crippen LogP contribution in [0.5, 0.6) is 0 Å². The number of hydrogen-bond acceptors (Lipinski definition) is 4. The molecular weight excluding hydrogens is 462 g/mol. The van der Waals surface area contributed by atoms with Gasteiger partial charge < -0.3 is 4.90 Å². The second-order valence-corrected chi connectivity index (χ2v) is 10.0. The standard InChI is InChI=1S/C28H34F2N4O2/c1-20(2)27(36)33-16-14-32(15-17-33)13-7-12-28(22-8-5-4-6-9-22)19-26(31-34(28)21(3)35)24-18-23(29)10-11-25(24)30/h4-6,8-11,18,20H,7,12-17,19H2,1-3H3/t28-/m0/s1. The maximum atomic E-state index is 14.7. The van der Waals surface area contributed by atoms with Gasteiger partial charge in [-0.2, -0.15) is 5.10 Å². The molecule has 2 aliphatic heterocycles. The van der Waals surface area contributed by atoms with Crippen LogP contribution in [0.1, 0.15) is 51.2 Å². The van der Waals surface area contributed by atoms with Gasteiger partial charge in [0.2, 0.25) is 11.8 Å². The van der Waals surface area contributed by atoms with Gasteiger partial charge in [-0.15, -0.1) is 0 Å². The summed E-state index contributed by atoms with van der Waals surface area (Å²) in [5.74, 6) is -1.16. The van der Waals surface area contributed by atoms with Crippen molar-refractivity contribution in [1.82, 2.24) is 14.8 Å². The maximum absolute atomic E-state index is 14.7. The van der Waals surface area contributed by atoms with Crippen LogP contribution >= 0.6 is 0 Å². The molecule has 2 heterocycles. The van der Waals surface area contributed by atoms with E-state index >= 15 is 0 Å². The molecule has 0 N–H and O–H groups in total. The minimum Gasteiger partial charge on any atom is -0.340 e. The van der Waals surface area contributed by atoms with Crippen LogP contribution in [0.3, 0.4) is 0 Å². The predicted molar refractivity (Wildman–Crippen MR) is 135 cm³/mol. The normalized spacial score (nSPS) is 20.7. The number of benzene rings is 2. The van der Waals surface area contributed by atoms with Crippen LogP contribution in [-0.2, 0) is 15.1 Å². The molecule has 0 aromatic heterocycles. The predicted octanol–water partition coefficient (Wildman–Crippen LogP) is 4.40. The molecule has 0 saturated carbocycles. The highest BCUT2D eigenvalue weighted by atomic mass is 19.1. The molecule has 1 fully saturated rings. The Kier molecular flexibility index (Phi) is 7.83. The number of nitrogens with zero attached hydrogens (tertiary/aromatic N) is 4. The lowest BCUT2D eigenvalue weighted by atomic mass is 9.80. The SMILES string of the molecule is CC(=O)N1N=C(c2cc(F)ccc2F)C[C@@]1(CCCN1CCN(C(=O)C(C)C)CC1)c1ccccc1. The number of carbonyl (C=O) groups is 2. The Hall–Kier alpha value is -3.13. The van der Waals surface area contributed by atoms with Gasteiger partial charge in [0.25, 0.3) is 0 Å². The molecule has 0 bridgehead atoms. The molecule has 1 saturated heterocycles. The first kappa shape index (κ1) is 25.9. The van der Waals surface area contributed by atoms with Crippen molar-refractivity contribution in [1.29, 1.82) is 0 Å². The Bertz CT molecular complexity index is 1130. The van der Waals surface area contributed by atoms with Crippen LogP contribution in [0.25, 0.3) is 0 Å². The second-order valence-electron chi connectivity index (χ2n) is 10.0. The largest absolute Gasteiger partial charge is 0.340 e. The third-order valence-corrected chi connectivity index (χ3v) is 7.18. The molecule has 0 spiro atoms. The molecular formula is C28H34F2N4O2. The molecule has 6 nitrogen and oxygen atoms in total. The second kappa shape index (κ2) is 10.9. The quantitative estimate of drug-likeness (QED) is 0.571. The van der Waals surface area contributed by atoms with Gasteiger partial charge >= 0.3 is 0 Å². The smallest absolute Gasteiger partial charge is 0.240 e. The van der Waals surface area contributed by atoms with Gasteiger partial charge in [0.15, 0.2) is 0 Å². The van der Waals surface area contributed by atoms with Crippen LogP contribution in [0.2, 0.25) is 0 Å². The lowest BCUT2D eigenvalue weighted by Gasteiger charge is -2.38. The number of halogens is 2. The zero-order chi connectivity index (χ0) is 25.9. The van der Waals surface area contributed by atoms with E-state index < -0.39 is 17.2 Å². The van der Waals surface area contributed by atoms with Crippen LogP contribution in [-0.4, -0.2) is 65.1 Å². The first-order valence-electron chi connectivity index (χ1n) is 12.6. The number of hydrazone groups is 1. The number of amides is 2. The molecule has 192 valence electrons. The van der Waals surface area contributed by atoms with Gasteiger partial charge in [0, 0.05) is 51.0 Å². The average molecular weight is 497 g/mol. The average Bonchev–Trinajstić information content (AvgIpc) is 3.27. The third-order valence-electron chi connectivity index (χ3n) is 7.18. The summed E-state index contributed by atoms with van der Waals surface area (Å²) in [6.07, 6.45) is 1.70. The van der Waals surface area contributed by atoms with Crippen molar-refractivity contribution in [3.63, 3.8) is 0 Å². The van der Waals surface area contributed by atoms with Crippen molar-refractivity contribution in [3.05, 3.63) is 71.3 Å². The fraction of sp³-hybridized carbons (Fsp3) is 0.464. The van der Waals surface area contributed by atoms with E-state index in [0.717, 1.165) is 49.8 Å². The minimum absolute atomic E-state index is 0.000617. The van der Waals surface area contributed by atoms with E-state index in [9.17, 15) is 18.4 Å². The number of hydrogen-bond donors (Lipinski definition) is 0. The molecule has 0 aliphatic carbocycles. The number of rotatable bonds is 7. The highest BCUT2D eigenvalue weighted by molar-refractivity contribution is 6.04. The van der Waals surface area contributed by atoms with E-state index in [0.29, 0.717) is 31.6 Å². The molecule has 0 radical (unpaired) electrons. The minimum atomic E-state index is -0.781. The van der Waals surface area contributed by atoms with E-state index in [1.54, 1.807) is 0 Å². The summed E-state index contributed by atoms with van der Waals surface area (Å²) in [5, 5.41) is 6.00. The van der Waals surface area contributed by atoms with E-state index in [1.807, 2.05) is 49.1 Å². The van der Waals surface area contributed by atoms with Gasteiger partial charge in [-0.1, -0.05) is 44.2 Å². The van der Waals surface area contributed by atoms with Crippen molar-refractivity contribution in [3.8, 4) is 0 Å². The van der Waals surface area contributed by atoms with E-state index in [2.05, 4.69) is 10.0 Å². The molecule has 2 aliphatic rings. The number of piperazine rings is 1. The molecule has 36 heavy (non-hydrogen) atoms. The molecule has 2 amide bonds. The van der Waals surface area contributed by atoms with Gasteiger partial charge in [0.1, 0.15) is 11.6 Å². The van der Waals surface area contributed by atoms with Gasteiger partial charge in [-0.3, -0.25) is 14.5 Å².